The van der Waals surface area contributed by atoms with E-state index in [1.54, 1.807) is 42.5 Å². The summed E-state index contributed by atoms with van der Waals surface area (Å²) in [6, 6.07) is 16.6. The lowest BCUT2D eigenvalue weighted by atomic mass is 10.3. The van der Waals surface area contributed by atoms with E-state index in [1.165, 1.54) is 19.1 Å². The number of rotatable bonds is 8. The Morgan fingerprint density at radius 1 is 1.00 bits per heavy atom. The molecule has 0 aliphatic heterocycles. The highest BCUT2D eigenvalue weighted by Crippen LogP contribution is 2.08. The number of sulfonamides is 1. The molecule has 2 N–H and O–H groups in total. The van der Waals surface area contributed by atoms with E-state index in [0.717, 1.165) is 0 Å². The summed E-state index contributed by atoms with van der Waals surface area (Å²) in [6.45, 7) is 1.33. The normalized spacial score (nSPS) is 12.2. The quantitative estimate of drug-likeness (QED) is 0.686. The third-order valence-electron chi connectivity index (χ3n) is 3.39. The van der Waals surface area contributed by atoms with Crippen LogP contribution < -0.4 is 10.0 Å². The first-order chi connectivity index (χ1) is 12.4. The number of esters is 1. The van der Waals surface area contributed by atoms with Crippen LogP contribution in [0.3, 0.4) is 0 Å². The maximum Gasteiger partial charge on any atom is 0.307 e. The first-order valence-electron chi connectivity index (χ1n) is 7.98. The van der Waals surface area contributed by atoms with Crippen molar-refractivity contribution in [3.8, 4) is 0 Å². The SMILES string of the molecule is C[C@H](OC(=O)CCNS(=O)(=O)c1ccccc1)C(=O)Nc1ccccc1. The van der Waals surface area contributed by atoms with Gasteiger partial charge in [-0.2, -0.15) is 0 Å². The van der Waals surface area contributed by atoms with Gasteiger partial charge in [-0.15, -0.1) is 0 Å². The lowest BCUT2D eigenvalue weighted by Crippen LogP contribution is -2.32. The molecule has 0 saturated heterocycles. The summed E-state index contributed by atoms with van der Waals surface area (Å²) in [7, 11) is -3.68. The smallest absolute Gasteiger partial charge is 0.307 e. The molecule has 0 fully saturated rings. The Kier molecular flexibility index (Phi) is 6.88. The molecule has 26 heavy (non-hydrogen) atoms. The van der Waals surface area contributed by atoms with E-state index in [1.807, 2.05) is 6.07 Å². The molecule has 2 rings (SSSR count). The molecular weight excluding hydrogens is 356 g/mol. The van der Waals surface area contributed by atoms with Gasteiger partial charge in [0.2, 0.25) is 10.0 Å². The van der Waals surface area contributed by atoms with Crippen LogP contribution in [0.4, 0.5) is 5.69 Å². The summed E-state index contributed by atoms with van der Waals surface area (Å²) >= 11 is 0. The van der Waals surface area contributed by atoms with Gasteiger partial charge in [0.15, 0.2) is 6.10 Å². The van der Waals surface area contributed by atoms with Crippen LogP contribution in [0.2, 0.25) is 0 Å². The van der Waals surface area contributed by atoms with Gasteiger partial charge in [-0.1, -0.05) is 36.4 Å². The maximum absolute atomic E-state index is 12.0. The summed E-state index contributed by atoms with van der Waals surface area (Å²) in [6.07, 6.45) is -1.18. The third kappa shape index (κ3) is 5.98. The summed E-state index contributed by atoms with van der Waals surface area (Å²) in [5.74, 6) is -1.13. The fourth-order valence-corrected chi connectivity index (χ4v) is 3.10. The highest BCUT2D eigenvalue weighted by molar-refractivity contribution is 7.89. The van der Waals surface area contributed by atoms with Gasteiger partial charge < -0.3 is 10.1 Å². The number of ether oxygens (including phenoxy) is 1. The van der Waals surface area contributed by atoms with Crippen molar-refractivity contribution in [1.82, 2.24) is 4.72 Å². The molecule has 138 valence electrons. The van der Waals surface area contributed by atoms with Crippen molar-refractivity contribution in [2.24, 2.45) is 0 Å². The lowest BCUT2D eigenvalue weighted by Gasteiger charge is -2.13. The van der Waals surface area contributed by atoms with E-state index in [2.05, 4.69) is 10.0 Å². The number of carbonyl (C=O) groups excluding carboxylic acids is 2. The largest absolute Gasteiger partial charge is 0.452 e. The molecule has 1 atom stereocenters. The van der Waals surface area contributed by atoms with Gasteiger partial charge in [0.25, 0.3) is 5.91 Å². The van der Waals surface area contributed by atoms with Gasteiger partial charge in [-0.25, -0.2) is 13.1 Å². The summed E-state index contributed by atoms with van der Waals surface area (Å²) in [5.41, 5.74) is 0.594. The van der Waals surface area contributed by atoms with Gasteiger partial charge >= 0.3 is 5.97 Å². The minimum atomic E-state index is -3.68. The van der Waals surface area contributed by atoms with Gasteiger partial charge in [0, 0.05) is 12.2 Å². The zero-order chi connectivity index (χ0) is 19.0. The minimum absolute atomic E-state index is 0.115. The molecule has 0 spiro atoms. The monoisotopic (exact) mass is 376 g/mol. The first kappa shape index (κ1) is 19.6. The molecular formula is C18H20N2O5S. The summed E-state index contributed by atoms with van der Waals surface area (Å²) in [5, 5.41) is 2.62. The van der Waals surface area contributed by atoms with Crippen LogP contribution >= 0.6 is 0 Å². The van der Waals surface area contributed by atoms with Crippen LogP contribution in [0, 0.1) is 0 Å². The molecule has 2 aromatic rings. The summed E-state index contributed by atoms with van der Waals surface area (Å²) in [4.78, 5) is 23.9. The number of hydrogen-bond acceptors (Lipinski definition) is 5. The molecule has 0 aliphatic rings. The van der Waals surface area contributed by atoms with Crippen molar-refractivity contribution in [2.75, 3.05) is 11.9 Å². The molecule has 0 unspecified atom stereocenters. The molecule has 7 nitrogen and oxygen atoms in total. The molecule has 0 saturated carbocycles. The Balaban J connectivity index is 1.77. The van der Waals surface area contributed by atoms with Gasteiger partial charge in [0.05, 0.1) is 11.3 Å². The van der Waals surface area contributed by atoms with E-state index in [9.17, 15) is 18.0 Å². The zero-order valence-corrected chi connectivity index (χ0v) is 15.0. The molecule has 0 aliphatic carbocycles. The van der Waals surface area contributed by atoms with Crippen LogP contribution in [0.15, 0.2) is 65.6 Å². The standard InChI is InChI=1S/C18H20N2O5S/c1-14(18(22)20-15-8-4-2-5-9-15)25-17(21)12-13-19-26(23,24)16-10-6-3-7-11-16/h2-11,14,19H,12-13H2,1H3,(H,20,22)/t14-/m0/s1. The van der Waals surface area contributed by atoms with Crippen LogP contribution in [-0.4, -0.2) is 32.9 Å². The molecule has 8 heteroatoms. The molecule has 0 radical (unpaired) electrons. The summed E-state index contributed by atoms with van der Waals surface area (Å²) < 4.78 is 31.4. The fourth-order valence-electron chi connectivity index (χ4n) is 2.05. The number of anilines is 1. The number of hydrogen-bond donors (Lipinski definition) is 2. The predicted molar refractivity (Wildman–Crippen MR) is 96.9 cm³/mol. The lowest BCUT2D eigenvalue weighted by molar-refractivity contribution is -0.152. The van der Waals surface area contributed by atoms with E-state index in [4.69, 9.17) is 4.74 Å². The Morgan fingerprint density at radius 3 is 2.19 bits per heavy atom. The van der Waals surface area contributed by atoms with Crippen molar-refractivity contribution in [3.05, 3.63) is 60.7 Å². The molecule has 1 amide bonds. The van der Waals surface area contributed by atoms with Gasteiger partial charge in [-0.3, -0.25) is 9.59 Å². The second kappa shape index (κ2) is 9.12. The van der Waals surface area contributed by atoms with E-state index < -0.39 is 28.0 Å². The third-order valence-corrected chi connectivity index (χ3v) is 4.87. The first-order valence-corrected chi connectivity index (χ1v) is 9.47. The van der Waals surface area contributed by atoms with E-state index in [-0.39, 0.29) is 17.9 Å². The highest BCUT2D eigenvalue weighted by Gasteiger charge is 2.19. The number of nitrogens with one attached hydrogen (secondary N) is 2. The number of amides is 1. The van der Waals surface area contributed by atoms with Crippen LogP contribution in [-0.2, 0) is 24.3 Å². The van der Waals surface area contributed by atoms with E-state index in [0.29, 0.717) is 5.69 Å². The van der Waals surface area contributed by atoms with Crippen molar-refractivity contribution in [2.45, 2.75) is 24.3 Å². The number of para-hydroxylation sites is 1. The molecule has 0 aromatic heterocycles. The maximum atomic E-state index is 12.0. The second-order valence-corrected chi connectivity index (χ2v) is 7.22. The van der Waals surface area contributed by atoms with Gasteiger partial charge in [0.1, 0.15) is 0 Å². The Hall–Kier alpha value is -2.71. The molecule has 2 aromatic carbocycles. The van der Waals surface area contributed by atoms with E-state index >= 15 is 0 Å². The minimum Gasteiger partial charge on any atom is -0.452 e. The molecule has 0 heterocycles. The van der Waals surface area contributed by atoms with Crippen LogP contribution in [0.25, 0.3) is 0 Å². The average molecular weight is 376 g/mol. The van der Waals surface area contributed by atoms with Gasteiger partial charge in [-0.05, 0) is 31.2 Å². The van der Waals surface area contributed by atoms with Crippen molar-refractivity contribution in [3.63, 3.8) is 0 Å². The number of benzene rings is 2. The highest BCUT2D eigenvalue weighted by atomic mass is 32.2. The van der Waals surface area contributed by atoms with Crippen molar-refractivity contribution in [1.29, 1.82) is 0 Å². The second-order valence-electron chi connectivity index (χ2n) is 5.45. The Bertz CT molecular complexity index is 838. The van der Waals surface area contributed by atoms with Crippen LogP contribution in [0.5, 0.6) is 0 Å². The Labute approximate surface area is 152 Å². The molecule has 0 bridgehead atoms. The average Bonchev–Trinajstić information content (AvgIpc) is 2.63. The Morgan fingerprint density at radius 2 is 1.58 bits per heavy atom. The number of carbonyl (C=O) groups is 2. The van der Waals surface area contributed by atoms with Crippen LogP contribution in [0.1, 0.15) is 13.3 Å². The van der Waals surface area contributed by atoms with Crippen molar-refractivity contribution < 1.29 is 22.7 Å². The zero-order valence-electron chi connectivity index (χ0n) is 14.2. The van der Waals surface area contributed by atoms with Crippen molar-refractivity contribution >= 4 is 27.6 Å². The topological polar surface area (TPSA) is 102 Å². The fraction of sp³-hybridized carbons (Fsp3) is 0.222. The predicted octanol–water partition coefficient (Wildman–Crippen LogP) is 1.93.